The summed E-state index contributed by atoms with van der Waals surface area (Å²) in [4.78, 5) is 15.6. The Hall–Kier alpha value is -1.89. The molecule has 1 saturated heterocycles. The van der Waals surface area contributed by atoms with E-state index in [1.807, 2.05) is 0 Å². The number of fused-ring (bicyclic) bond motifs is 1. The molecule has 1 N–H and O–H groups in total. The van der Waals surface area contributed by atoms with Crippen LogP contribution < -0.4 is 15.0 Å². The van der Waals surface area contributed by atoms with Crippen molar-refractivity contribution in [2.45, 2.75) is 0 Å². The summed E-state index contributed by atoms with van der Waals surface area (Å²) >= 11 is 0. The van der Waals surface area contributed by atoms with Gasteiger partial charge in [0.1, 0.15) is 12.4 Å². The highest BCUT2D eigenvalue weighted by Gasteiger charge is 2.29. The van der Waals surface area contributed by atoms with Gasteiger partial charge in [-0.3, -0.25) is 4.90 Å². The summed E-state index contributed by atoms with van der Waals surface area (Å²) in [7, 11) is 0. The van der Waals surface area contributed by atoms with Crippen molar-refractivity contribution in [3.63, 3.8) is 0 Å². The van der Waals surface area contributed by atoms with Crippen LogP contribution in [-0.4, -0.2) is 50.3 Å². The number of carbonyl (C=O) groups is 1. The number of rotatable bonds is 0. The highest BCUT2D eigenvalue weighted by atomic mass is 19.2. The zero-order chi connectivity index (χ0) is 14.1. The standard InChI is InChI=1S/C13H15F2N3O2/c14-9-7-11-12(8-10(9)15)20-6-5-18(11)13(19)17-3-1-16-2-4-17/h7-8,16H,1-6H2. The first-order valence-corrected chi connectivity index (χ1v) is 6.56. The summed E-state index contributed by atoms with van der Waals surface area (Å²) in [6.45, 7) is 3.29. The van der Waals surface area contributed by atoms with E-state index >= 15 is 0 Å². The highest BCUT2D eigenvalue weighted by Crippen LogP contribution is 2.34. The zero-order valence-corrected chi connectivity index (χ0v) is 10.9. The summed E-state index contributed by atoms with van der Waals surface area (Å²) < 4.78 is 31.9. The van der Waals surface area contributed by atoms with Crippen molar-refractivity contribution in [2.75, 3.05) is 44.2 Å². The molecule has 108 valence electrons. The van der Waals surface area contributed by atoms with Crippen LogP contribution in [0.25, 0.3) is 0 Å². The van der Waals surface area contributed by atoms with Crippen molar-refractivity contribution in [2.24, 2.45) is 0 Å². The number of ether oxygens (including phenoxy) is 1. The summed E-state index contributed by atoms with van der Waals surface area (Å²) in [6, 6.07) is 1.81. The molecule has 1 fully saturated rings. The number of nitrogens with one attached hydrogen (secondary N) is 1. The summed E-state index contributed by atoms with van der Waals surface area (Å²) in [5, 5.41) is 3.16. The zero-order valence-electron chi connectivity index (χ0n) is 10.9. The molecule has 1 aromatic carbocycles. The fraction of sp³-hybridized carbons (Fsp3) is 0.462. The lowest BCUT2D eigenvalue weighted by molar-refractivity contribution is 0.192. The molecule has 2 aliphatic heterocycles. The van der Waals surface area contributed by atoms with Crippen molar-refractivity contribution < 1.29 is 18.3 Å². The van der Waals surface area contributed by atoms with E-state index in [4.69, 9.17) is 4.74 Å². The Kier molecular flexibility index (Phi) is 3.43. The van der Waals surface area contributed by atoms with Gasteiger partial charge in [0.25, 0.3) is 0 Å². The van der Waals surface area contributed by atoms with Gasteiger partial charge in [0.2, 0.25) is 0 Å². The molecule has 3 rings (SSSR count). The largest absolute Gasteiger partial charge is 0.489 e. The SMILES string of the molecule is O=C(N1CCNCC1)N1CCOc2cc(F)c(F)cc21. The van der Waals surface area contributed by atoms with Crippen LogP contribution >= 0.6 is 0 Å². The van der Waals surface area contributed by atoms with Crippen LogP contribution in [0.15, 0.2) is 12.1 Å². The number of urea groups is 1. The molecule has 0 aliphatic carbocycles. The number of nitrogens with zero attached hydrogens (tertiary/aromatic N) is 2. The maximum absolute atomic E-state index is 13.4. The van der Waals surface area contributed by atoms with Crippen LogP contribution in [0, 0.1) is 11.6 Å². The average Bonchev–Trinajstić information content (AvgIpc) is 2.48. The van der Waals surface area contributed by atoms with Crippen molar-refractivity contribution in [1.82, 2.24) is 10.2 Å². The Balaban J connectivity index is 1.89. The molecule has 1 aromatic rings. The van der Waals surface area contributed by atoms with Gasteiger partial charge in [0.05, 0.1) is 12.2 Å². The van der Waals surface area contributed by atoms with Crippen molar-refractivity contribution >= 4 is 11.7 Å². The highest BCUT2D eigenvalue weighted by molar-refractivity contribution is 5.94. The Bertz CT molecular complexity index is 533. The topological polar surface area (TPSA) is 44.8 Å². The van der Waals surface area contributed by atoms with E-state index < -0.39 is 11.6 Å². The number of amides is 2. The molecule has 0 bridgehead atoms. The maximum atomic E-state index is 13.4. The van der Waals surface area contributed by atoms with Gasteiger partial charge in [0.15, 0.2) is 11.6 Å². The van der Waals surface area contributed by atoms with E-state index in [9.17, 15) is 13.6 Å². The number of carbonyl (C=O) groups excluding carboxylic acids is 1. The smallest absolute Gasteiger partial charge is 0.324 e. The fourth-order valence-corrected chi connectivity index (χ4v) is 2.44. The number of hydrogen-bond donors (Lipinski definition) is 1. The van der Waals surface area contributed by atoms with Crippen molar-refractivity contribution in [1.29, 1.82) is 0 Å². The first kappa shape index (κ1) is 13.1. The van der Waals surface area contributed by atoms with Crippen molar-refractivity contribution in [3.05, 3.63) is 23.8 Å². The average molecular weight is 283 g/mol. The predicted molar refractivity (Wildman–Crippen MR) is 69.0 cm³/mol. The van der Waals surface area contributed by atoms with Gasteiger partial charge >= 0.3 is 6.03 Å². The van der Waals surface area contributed by atoms with E-state index in [0.29, 0.717) is 25.3 Å². The minimum Gasteiger partial charge on any atom is -0.489 e. The van der Waals surface area contributed by atoms with Gasteiger partial charge in [-0.1, -0.05) is 0 Å². The molecule has 0 spiro atoms. The van der Waals surface area contributed by atoms with E-state index in [1.54, 1.807) is 4.90 Å². The Morgan fingerprint density at radius 1 is 1.15 bits per heavy atom. The first-order chi connectivity index (χ1) is 9.66. The maximum Gasteiger partial charge on any atom is 0.324 e. The lowest BCUT2D eigenvalue weighted by atomic mass is 10.2. The van der Waals surface area contributed by atoms with Gasteiger partial charge in [-0.25, -0.2) is 13.6 Å². The molecule has 0 atom stereocenters. The third-order valence-electron chi connectivity index (χ3n) is 3.48. The van der Waals surface area contributed by atoms with Crippen LogP contribution in [0.2, 0.25) is 0 Å². The van der Waals surface area contributed by atoms with Crippen LogP contribution in [-0.2, 0) is 0 Å². The van der Waals surface area contributed by atoms with Gasteiger partial charge in [-0.05, 0) is 0 Å². The predicted octanol–water partition coefficient (Wildman–Crippen LogP) is 1.19. The molecule has 0 aromatic heterocycles. The minimum absolute atomic E-state index is 0.193. The second kappa shape index (κ2) is 5.24. The van der Waals surface area contributed by atoms with Crippen LogP contribution in [0.5, 0.6) is 5.75 Å². The van der Waals surface area contributed by atoms with Crippen LogP contribution in [0.3, 0.4) is 0 Å². The quantitative estimate of drug-likeness (QED) is 0.778. The van der Waals surface area contributed by atoms with Crippen LogP contribution in [0.1, 0.15) is 0 Å². The second-order valence-corrected chi connectivity index (χ2v) is 4.75. The molecule has 20 heavy (non-hydrogen) atoms. The fourth-order valence-electron chi connectivity index (χ4n) is 2.44. The van der Waals surface area contributed by atoms with Crippen LogP contribution in [0.4, 0.5) is 19.3 Å². The molecular formula is C13H15F2N3O2. The number of hydrogen-bond acceptors (Lipinski definition) is 3. The third-order valence-corrected chi connectivity index (χ3v) is 3.48. The first-order valence-electron chi connectivity index (χ1n) is 6.56. The van der Waals surface area contributed by atoms with E-state index in [1.165, 1.54) is 4.90 Å². The molecule has 5 nitrogen and oxygen atoms in total. The molecule has 2 amide bonds. The summed E-state index contributed by atoms with van der Waals surface area (Å²) in [5.74, 6) is -1.74. The molecule has 0 unspecified atom stereocenters. The Labute approximate surface area is 115 Å². The number of halogens is 2. The van der Waals surface area contributed by atoms with E-state index in [0.717, 1.165) is 25.2 Å². The minimum atomic E-state index is -0.979. The Morgan fingerprint density at radius 3 is 2.60 bits per heavy atom. The number of anilines is 1. The lowest BCUT2D eigenvalue weighted by Gasteiger charge is -2.36. The normalized spacial score (nSPS) is 18.5. The molecule has 0 saturated carbocycles. The second-order valence-electron chi connectivity index (χ2n) is 4.75. The van der Waals surface area contributed by atoms with Crippen molar-refractivity contribution in [3.8, 4) is 5.75 Å². The van der Waals surface area contributed by atoms with E-state index in [2.05, 4.69) is 5.32 Å². The van der Waals surface area contributed by atoms with Gasteiger partial charge in [-0.2, -0.15) is 0 Å². The van der Waals surface area contributed by atoms with Gasteiger partial charge in [0, 0.05) is 38.3 Å². The van der Waals surface area contributed by atoms with Gasteiger partial charge < -0.3 is 15.0 Å². The molecule has 2 heterocycles. The summed E-state index contributed by atoms with van der Waals surface area (Å²) in [5.41, 5.74) is 0.290. The number of benzene rings is 1. The van der Waals surface area contributed by atoms with E-state index in [-0.39, 0.29) is 18.4 Å². The molecular weight excluding hydrogens is 268 g/mol. The Morgan fingerprint density at radius 2 is 1.85 bits per heavy atom. The monoisotopic (exact) mass is 283 g/mol. The molecule has 0 radical (unpaired) electrons. The van der Waals surface area contributed by atoms with Gasteiger partial charge in [-0.15, -0.1) is 0 Å². The summed E-state index contributed by atoms with van der Waals surface area (Å²) in [6.07, 6.45) is 0. The number of piperazine rings is 1. The molecule has 2 aliphatic rings. The third kappa shape index (κ3) is 2.29. The lowest BCUT2D eigenvalue weighted by Crippen LogP contribution is -2.53. The molecule has 7 heteroatoms.